The first-order valence-corrected chi connectivity index (χ1v) is 12.6. The van der Waals surface area contributed by atoms with Crippen LogP contribution in [0, 0.1) is 0 Å². The summed E-state index contributed by atoms with van der Waals surface area (Å²) in [5.74, 6) is 0.298. The van der Waals surface area contributed by atoms with Crippen LogP contribution in [0.25, 0.3) is 0 Å². The predicted octanol–water partition coefficient (Wildman–Crippen LogP) is 4.47. The molecular weight excluding hydrogens is 436 g/mol. The zero-order valence-corrected chi connectivity index (χ0v) is 19.4. The van der Waals surface area contributed by atoms with E-state index in [4.69, 9.17) is 4.74 Å². The molecule has 0 aliphatic heterocycles. The normalized spacial score (nSPS) is 15.4. The SMILES string of the molecule is CCOc1ccc(N(CC(=O)N[C@@H]2CCCc3ccccc32)S(=O)(=O)c2ccccc2)cc1. The molecule has 0 saturated carbocycles. The number of amides is 1. The summed E-state index contributed by atoms with van der Waals surface area (Å²) in [6.07, 6.45) is 2.80. The average Bonchev–Trinajstić information content (AvgIpc) is 2.84. The third-order valence-corrected chi connectivity index (χ3v) is 7.55. The summed E-state index contributed by atoms with van der Waals surface area (Å²) < 4.78 is 33.6. The zero-order chi connectivity index (χ0) is 23.3. The molecule has 3 aromatic carbocycles. The van der Waals surface area contributed by atoms with Crippen molar-refractivity contribution in [3.63, 3.8) is 0 Å². The van der Waals surface area contributed by atoms with E-state index in [0.29, 0.717) is 18.0 Å². The van der Waals surface area contributed by atoms with Gasteiger partial charge in [-0.25, -0.2) is 8.42 Å². The molecule has 33 heavy (non-hydrogen) atoms. The molecule has 0 fully saturated rings. The van der Waals surface area contributed by atoms with Gasteiger partial charge >= 0.3 is 0 Å². The molecule has 1 amide bonds. The largest absolute Gasteiger partial charge is 0.494 e. The first kappa shape index (κ1) is 22.9. The van der Waals surface area contributed by atoms with E-state index in [1.54, 1.807) is 42.5 Å². The molecule has 1 aliphatic carbocycles. The monoisotopic (exact) mass is 464 g/mol. The van der Waals surface area contributed by atoms with Gasteiger partial charge in [0.2, 0.25) is 5.91 Å². The highest BCUT2D eigenvalue weighted by atomic mass is 32.2. The summed E-state index contributed by atoms with van der Waals surface area (Å²) in [7, 11) is -3.94. The van der Waals surface area contributed by atoms with Crippen LogP contribution in [0.2, 0.25) is 0 Å². The lowest BCUT2D eigenvalue weighted by molar-refractivity contribution is -0.120. The maximum atomic E-state index is 13.5. The maximum Gasteiger partial charge on any atom is 0.264 e. The van der Waals surface area contributed by atoms with Crippen LogP contribution in [0.4, 0.5) is 5.69 Å². The minimum Gasteiger partial charge on any atom is -0.494 e. The Balaban J connectivity index is 1.61. The van der Waals surface area contributed by atoms with Crippen LogP contribution in [0.15, 0.2) is 83.8 Å². The first-order chi connectivity index (χ1) is 16.0. The van der Waals surface area contributed by atoms with Crippen LogP contribution in [-0.2, 0) is 21.2 Å². The number of rotatable bonds is 8. The van der Waals surface area contributed by atoms with Gasteiger partial charge in [0.1, 0.15) is 12.3 Å². The molecule has 0 radical (unpaired) electrons. The predicted molar refractivity (Wildman–Crippen MR) is 129 cm³/mol. The zero-order valence-electron chi connectivity index (χ0n) is 18.6. The summed E-state index contributed by atoms with van der Waals surface area (Å²) in [6, 6.07) is 22.9. The number of ether oxygens (including phenoxy) is 1. The van der Waals surface area contributed by atoms with E-state index in [9.17, 15) is 13.2 Å². The number of nitrogens with one attached hydrogen (secondary N) is 1. The average molecular weight is 465 g/mol. The summed E-state index contributed by atoms with van der Waals surface area (Å²) in [4.78, 5) is 13.2. The van der Waals surface area contributed by atoms with Gasteiger partial charge < -0.3 is 10.1 Å². The number of aryl methyl sites for hydroxylation is 1. The number of hydrogen-bond donors (Lipinski definition) is 1. The van der Waals surface area contributed by atoms with Gasteiger partial charge in [-0.15, -0.1) is 0 Å². The van der Waals surface area contributed by atoms with E-state index in [-0.39, 0.29) is 23.4 Å². The second-order valence-electron chi connectivity index (χ2n) is 7.96. The molecular formula is C26H28N2O4S. The van der Waals surface area contributed by atoms with Crippen molar-refractivity contribution >= 4 is 21.6 Å². The van der Waals surface area contributed by atoms with Crippen molar-refractivity contribution in [2.45, 2.75) is 37.1 Å². The van der Waals surface area contributed by atoms with Crippen molar-refractivity contribution in [3.8, 4) is 5.75 Å². The van der Waals surface area contributed by atoms with Crippen LogP contribution < -0.4 is 14.4 Å². The number of benzene rings is 3. The molecule has 0 heterocycles. The summed E-state index contributed by atoms with van der Waals surface area (Å²) in [6.45, 7) is 2.08. The number of sulfonamides is 1. The summed E-state index contributed by atoms with van der Waals surface area (Å²) in [5, 5.41) is 3.06. The lowest BCUT2D eigenvalue weighted by Gasteiger charge is -2.28. The second-order valence-corrected chi connectivity index (χ2v) is 9.83. The number of nitrogens with zero attached hydrogens (tertiary/aromatic N) is 1. The highest BCUT2D eigenvalue weighted by Crippen LogP contribution is 2.30. The van der Waals surface area contributed by atoms with E-state index in [1.807, 2.05) is 25.1 Å². The fourth-order valence-corrected chi connectivity index (χ4v) is 5.63. The van der Waals surface area contributed by atoms with Gasteiger partial charge in [-0.05, 0) is 73.7 Å². The lowest BCUT2D eigenvalue weighted by Crippen LogP contribution is -2.42. The Labute approximate surface area is 195 Å². The highest BCUT2D eigenvalue weighted by Gasteiger charge is 2.29. The molecule has 7 heteroatoms. The van der Waals surface area contributed by atoms with Crippen molar-refractivity contribution in [3.05, 3.63) is 90.0 Å². The molecule has 0 bridgehead atoms. The standard InChI is InChI=1S/C26H28N2O4S/c1-2-32-22-17-15-21(16-18-22)28(33(30,31)23-11-4-3-5-12-23)19-26(29)27-25-14-8-10-20-9-6-7-13-24(20)25/h3-7,9,11-13,15-18,25H,2,8,10,14,19H2,1H3,(H,27,29)/t25-/m1/s1. The Morgan fingerprint density at radius 2 is 1.70 bits per heavy atom. The van der Waals surface area contributed by atoms with Crippen molar-refractivity contribution in [2.75, 3.05) is 17.5 Å². The quantitative estimate of drug-likeness (QED) is 0.534. The molecule has 172 valence electrons. The third kappa shape index (κ3) is 5.20. The van der Waals surface area contributed by atoms with Crippen molar-refractivity contribution in [1.29, 1.82) is 0 Å². The highest BCUT2D eigenvalue weighted by molar-refractivity contribution is 7.92. The molecule has 1 N–H and O–H groups in total. The summed E-state index contributed by atoms with van der Waals surface area (Å²) in [5.41, 5.74) is 2.74. The fourth-order valence-electron chi connectivity index (χ4n) is 4.18. The Morgan fingerprint density at radius 3 is 2.42 bits per heavy atom. The smallest absolute Gasteiger partial charge is 0.264 e. The van der Waals surface area contributed by atoms with Crippen molar-refractivity contribution in [1.82, 2.24) is 5.32 Å². The molecule has 4 rings (SSSR count). The minimum absolute atomic E-state index is 0.121. The number of carbonyl (C=O) groups is 1. The van der Waals surface area contributed by atoms with Gasteiger partial charge in [0, 0.05) is 0 Å². The molecule has 0 spiro atoms. The fraction of sp³-hybridized carbons (Fsp3) is 0.269. The van der Waals surface area contributed by atoms with Gasteiger partial charge in [-0.3, -0.25) is 9.10 Å². The molecule has 0 aromatic heterocycles. The van der Waals surface area contributed by atoms with Crippen LogP contribution in [0.3, 0.4) is 0 Å². The van der Waals surface area contributed by atoms with Crippen molar-refractivity contribution < 1.29 is 17.9 Å². The van der Waals surface area contributed by atoms with E-state index in [1.165, 1.54) is 17.7 Å². The topological polar surface area (TPSA) is 75.7 Å². The van der Waals surface area contributed by atoms with Gasteiger partial charge in [0.05, 0.1) is 23.2 Å². The lowest BCUT2D eigenvalue weighted by atomic mass is 9.88. The molecule has 1 aliphatic rings. The maximum absolute atomic E-state index is 13.5. The minimum atomic E-state index is -3.94. The Hall–Kier alpha value is -3.32. The van der Waals surface area contributed by atoms with Crippen LogP contribution in [0.5, 0.6) is 5.75 Å². The van der Waals surface area contributed by atoms with Gasteiger partial charge in [0.15, 0.2) is 0 Å². The molecule has 0 saturated heterocycles. The molecule has 1 atom stereocenters. The van der Waals surface area contributed by atoms with Gasteiger partial charge in [0.25, 0.3) is 10.0 Å². The van der Waals surface area contributed by atoms with Crippen molar-refractivity contribution in [2.24, 2.45) is 0 Å². The van der Waals surface area contributed by atoms with Crippen LogP contribution >= 0.6 is 0 Å². The van der Waals surface area contributed by atoms with E-state index in [0.717, 1.165) is 29.1 Å². The molecule has 0 unspecified atom stereocenters. The third-order valence-electron chi connectivity index (χ3n) is 5.76. The van der Waals surface area contributed by atoms with E-state index in [2.05, 4.69) is 11.4 Å². The Kier molecular flexibility index (Phi) is 6.99. The van der Waals surface area contributed by atoms with Crippen LogP contribution in [0.1, 0.15) is 36.9 Å². The second kappa shape index (κ2) is 10.1. The first-order valence-electron chi connectivity index (χ1n) is 11.2. The van der Waals surface area contributed by atoms with E-state index >= 15 is 0 Å². The Bertz CT molecular complexity index is 1190. The van der Waals surface area contributed by atoms with E-state index < -0.39 is 10.0 Å². The van der Waals surface area contributed by atoms with Crippen LogP contribution in [-0.4, -0.2) is 27.5 Å². The number of hydrogen-bond acceptors (Lipinski definition) is 4. The number of anilines is 1. The molecule has 3 aromatic rings. The Morgan fingerprint density at radius 1 is 1.00 bits per heavy atom. The van der Waals surface area contributed by atoms with Gasteiger partial charge in [-0.1, -0.05) is 42.5 Å². The number of carbonyl (C=O) groups excluding carboxylic acids is 1. The van der Waals surface area contributed by atoms with Gasteiger partial charge in [-0.2, -0.15) is 0 Å². The summed E-state index contributed by atoms with van der Waals surface area (Å²) >= 11 is 0. The molecule has 6 nitrogen and oxygen atoms in total. The number of fused-ring (bicyclic) bond motifs is 1.